The van der Waals surface area contributed by atoms with Gasteiger partial charge in [-0.2, -0.15) is 0 Å². The van der Waals surface area contributed by atoms with Gasteiger partial charge in [-0.1, -0.05) is 12.1 Å². The summed E-state index contributed by atoms with van der Waals surface area (Å²) in [6.45, 7) is 5.30. The predicted molar refractivity (Wildman–Crippen MR) is 86.5 cm³/mol. The van der Waals surface area contributed by atoms with Crippen molar-refractivity contribution in [3.8, 4) is 5.75 Å². The first-order valence-corrected chi connectivity index (χ1v) is 8.13. The molecule has 1 saturated heterocycles. The fourth-order valence-electron chi connectivity index (χ4n) is 2.70. The van der Waals surface area contributed by atoms with E-state index in [1.165, 1.54) is 50.9 Å². The summed E-state index contributed by atoms with van der Waals surface area (Å²) in [5.74, 6) is 0.898. The smallest absolute Gasteiger partial charge is 0.119 e. The van der Waals surface area contributed by atoms with E-state index in [2.05, 4.69) is 17.4 Å². The van der Waals surface area contributed by atoms with Crippen molar-refractivity contribution in [1.29, 1.82) is 0 Å². The van der Waals surface area contributed by atoms with Crippen LogP contribution in [0.4, 0.5) is 0 Å². The molecule has 1 radical (unpaired) electrons. The van der Waals surface area contributed by atoms with Crippen molar-refractivity contribution >= 4 is 0 Å². The number of piperidine rings is 1. The average molecular weight is 290 g/mol. The molecule has 3 heteroatoms. The van der Waals surface area contributed by atoms with Gasteiger partial charge in [-0.3, -0.25) is 0 Å². The van der Waals surface area contributed by atoms with Crippen molar-refractivity contribution in [3.63, 3.8) is 0 Å². The Hall–Kier alpha value is -1.06. The van der Waals surface area contributed by atoms with Crippen LogP contribution in [0.2, 0.25) is 0 Å². The lowest BCUT2D eigenvalue weighted by atomic mass is 10.1. The van der Waals surface area contributed by atoms with Gasteiger partial charge in [-0.05, 0) is 75.9 Å². The van der Waals surface area contributed by atoms with Gasteiger partial charge in [-0.15, -0.1) is 0 Å². The molecular formula is C18H28NO2. The summed E-state index contributed by atoms with van der Waals surface area (Å²) in [7, 11) is 1.69. The van der Waals surface area contributed by atoms with Crippen molar-refractivity contribution in [2.75, 3.05) is 33.4 Å². The molecule has 21 heavy (non-hydrogen) atoms. The summed E-state index contributed by atoms with van der Waals surface area (Å²) < 4.78 is 10.9. The lowest BCUT2D eigenvalue weighted by molar-refractivity contribution is 0.115. The van der Waals surface area contributed by atoms with Crippen molar-refractivity contribution in [2.45, 2.75) is 38.7 Å². The van der Waals surface area contributed by atoms with Crippen LogP contribution in [0.5, 0.6) is 5.75 Å². The van der Waals surface area contributed by atoms with Crippen LogP contribution in [0, 0.1) is 6.42 Å². The Morgan fingerprint density at radius 3 is 2.76 bits per heavy atom. The lowest BCUT2D eigenvalue weighted by Crippen LogP contribution is -2.30. The van der Waals surface area contributed by atoms with Gasteiger partial charge in [0.05, 0.1) is 13.7 Å². The van der Waals surface area contributed by atoms with E-state index in [9.17, 15) is 0 Å². The first-order valence-electron chi connectivity index (χ1n) is 8.13. The molecule has 1 aliphatic rings. The highest BCUT2D eigenvalue weighted by Crippen LogP contribution is 2.13. The molecule has 1 aromatic rings. The fourth-order valence-corrected chi connectivity index (χ4v) is 2.70. The van der Waals surface area contributed by atoms with Gasteiger partial charge in [0.2, 0.25) is 0 Å². The maximum absolute atomic E-state index is 5.74. The molecule has 117 valence electrons. The van der Waals surface area contributed by atoms with E-state index in [1.54, 1.807) is 7.11 Å². The second kappa shape index (κ2) is 9.80. The van der Waals surface area contributed by atoms with Crippen molar-refractivity contribution in [2.24, 2.45) is 0 Å². The molecule has 2 rings (SSSR count). The summed E-state index contributed by atoms with van der Waals surface area (Å²) >= 11 is 0. The summed E-state index contributed by atoms with van der Waals surface area (Å²) in [6, 6.07) is 8.08. The third kappa shape index (κ3) is 6.49. The molecule has 0 amide bonds. The molecule has 0 spiro atoms. The van der Waals surface area contributed by atoms with Gasteiger partial charge in [0.1, 0.15) is 5.75 Å². The Balaban J connectivity index is 1.47. The van der Waals surface area contributed by atoms with Crippen molar-refractivity contribution < 1.29 is 9.47 Å². The van der Waals surface area contributed by atoms with E-state index >= 15 is 0 Å². The van der Waals surface area contributed by atoms with E-state index < -0.39 is 0 Å². The standard InChI is InChI=1S/C18H28NO2/c1-20-18-10-8-9-17(15-18)16-21-14-7-3-6-13-19-11-4-2-5-12-19/h2,8-10,15H,3-7,11-14,16H2,1H3. The van der Waals surface area contributed by atoms with Gasteiger partial charge in [0.15, 0.2) is 0 Å². The molecular weight excluding hydrogens is 262 g/mol. The Morgan fingerprint density at radius 2 is 1.95 bits per heavy atom. The van der Waals surface area contributed by atoms with Crippen molar-refractivity contribution in [1.82, 2.24) is 4.90 Å². The number of hydrogen-bond acceptors (Lipinski definition) is 3. The van der Waals surface area contributed by atoms with Gasteiger partial charge in [0, 0.05) is 6.61 Å². The summed E-state index contributed by atoms with van der Waals surface area (Å²) in [5, 5.41) is 0. The van der Waals surface area contributed by atoms with E-state index in [1.807, 2.05) is 18.2 Å². The lowest BCUT2D eigenvalue weighted by Gasteiger charge is -2.26. The molecule has 1 heterocycles. The largest absolute Gasteiger partial charge is 0.497 e. The highest BCUT2D eigenvalue weighted by molar-refractivity contribution is 5.27. The molecule has 0 aliphatic carbocycles. The molecule has 1 fully saturated rings. The molecule has 1 aromatic carbocycles. The van der Waals surface area contributed by atoms with Gasteiger partial charge >= 0.3 is 0 Å². The Kier molecular flexibility index (Phi) is 7.61. The molecule has 0 aromatic heterocycles. The minimum Gasteiger partial charge on any atom is -0.497 e. The number of rotatable bonds is 9. The Bertz CT molecular complexity index is 389. The van der Waals surface area contributed by atoms with Crippen LogP contribution in [0.1, 0.15) is 37.7 Å². The van der Waals surface area contributed by atoms with Crippen LogP contribution in [0.3, 0.4) is 0 Å². The Labute approximate surface area is 129 Å². The van der Waals surface area contributed by atoms with Crippen LogP contribution < -0.4 is 4.74 Å². The number of unbranched alkanes of at least 4 members (excludes halogenated alkanes) is 2. The second-order valence-electron chi connectivity index (χ2n) is 5.67. The maximum Gasteiger partial charge on any atom is 0.119 e. The number of ether oxygens (including phenoxy) is 2. The van der Waals surface area contributed by atoms with E-state index in [0.29, 0.717) is 6.61 Å². The van der Waals surface area contributed by atoms with E-state index in [4.69, 9.17) is 9.47 Å². The number of methoxy groups -OCH3 is 1. The zero-order valence-corrected chi connectivity index (χ0v) is 13.2. The maximum atomic E-state index is 5.74. The van der Waals surface area contributed by atoms with Gasteiger partial charge in [0.25, 0.3) is 0 Å². The SMILES string of the molecule is COc1cccc(COCCCCCN2CC[CH]CC2)c1. The number of nitrogens with zero attached hydrogens (tertiary/aromatic N) is 1. The number of benzene rings is 1. The molecule has 0 saturated carbocycles. The molecule has 0 unspecified atom stereocenters. The van der Waals surface area contributed by atoms with Crippen LogP contribution >= 0.6 is 0 Å². The Morgan fingerprint density at radius 1 is 1.10 bits per heavy atom. The van der Waals surface area contributed by atoms with Crippen LogP contribution in [0.15, 0.2) is 24.3 Å². The summed E-state index contributed by atoms with van der Waals surface area (Å²) in [5.41, 5.74) is 1.18. The first-order chi connectivity index (χ1) is 10.4. The average Bonchev–Trinajstić information content (AvgIpc) is 2.55. The molecule has 0 atom stereocenters. The first kappa shape index (κ1) is 16.3. The number of hydrogen-bond donors (Lipinski definition) is 0. The van der Waals surface area contributed by atoms with E-state index in [0.717, 1.165) is 18.8 Å². The van der Waals surface area contributed by atoms with E-state index in [-0.39, 0.29) is 0 Å². The fraction of sp³-hybridized carbons (Fsp3) is 0.611. The minimum atomic E-state index is 0.680. The monoisotopic (exact) mass is 290 g/mol. The third-order valence-electron chi connectivity index (χ3n) is 3.96. The summed E-state index contributed by atoms with van der Waals surface area (Å²) in [6.07, 6.45) is 8.65. The summed E-state index contributed by atoms with van der Waals surface area (Å²) in [4.78, 5) is 2.58. The quantitative estimate of drug-likeness (QED) is 0.648. The zero-order chi connectivity index (χ0) is 14.8. The predicted octanol–water partition coefficient (Wildman–Crippen LogP) is 3.68. The number of likely N-dealkylation sites (tertiary alicyclic amines) is 1. The normalized spacial score (nSPS) is 16.0. The topological polar surface area (TPSA) is 21.7 Å². The van der Waals surface area contributed by atoms with Crippen LogP contribution in [-0.2, 0) is 11.3 Å². The molecule has 1 aliphatic heterocycles. The van der Waals surface area contributed by atoms with Crippen LogP contribution in [0.25, 0.3) is 0 Å². The highest BCUT2D eigenvalue weighted by Gasteiger charge is 2.08. The highest BCUT2D eigenvalue weighted by atomic mass is 16.5. The minimum absolute atomic E-state index is 0.680. The molecule has 0 N–H and O–H groups in total. The second-order valence-corrected chi connectivity index (χ2v) is 5.67. The molecule has 3 nitrogen and oxygen atoms in total. The van der Waals surface area contributed by atoms with Gasteiger partial charge in [-0.25, -0.2) is 0 Å². The third-order valence-corrected chi connectivity index (χ3v) is 3.96. The van der Waals surface area contributed by atoms with Gasteiger partial charge < -0.3 is 14.4 Å². The van der Waals surface area contributed by atoms with Crippen LogP contribution in [-0.4, -0.2) is 38.3 Å². The zero-order valence-electron chi connectivity index (χ0n) is 13.2. The molecule has 0 bridgehead atoms. The van der Waals surface area contributed by atoms with Crippen molar-refractivity contribution in [3.05, 3.63) is 36.2 Å².